The van der Waals surface area contributed by atoms with Gasteiger partial charge in [-0.2, -0.15) is 0 Å². The van der Waals surface area contributed by atoms with Gasteiger partial charge in [0.15, 0.2) is 0 Å². The number of amides is 2. The summed E-state index contributed by atoms with van der Waals surface area (Å²) in [5.74, 6) is 0.558. The average molecular weight is 385 g/mol. The molecule has 0 unspecified atom stereocenters. The van der Waals surface area contributed by atoms with Crippen LogP contribution in [-0.2, 0) is 22.4 Å². The van der Waals surface area contributed by atoms with E-state index in [1.807, 2.05) is 48.5 Å². The number of aliphatic hydroxyl groups excluding tert-OH is 1. The van der Waals surface area contributed by atoms with Gasteiger partial charge in [-0.05, 0) is 48.6 Å². The highest BCUT2D eigenvalue weighted by molar-refractivity contribution is 8.00. The number of aryl methyl sites for hydroxylation is 1. The first-order valence-corrected chi connectivity index (χ1v) is 10.2. The maximum absolute atomic E-state index is 12.4. The molecule has 0 aromatic heterocycles. The lowest BCUT2D eigenvalue weighted by Crippen LogP contribution is -2.24. The van der Waals surface area contributed by atoms with E-state index in [1.54, 1.807) is 0 Å². The van der Waals surface area contributed by atoms with E-state index in [9.17, 15) is 9.59 Å². The van der Waals surface area contributed by atoms with Crippen molar-refractivity contribution in [2.24, 2.45) is 0 Å². The number of aliphatic hydroxyl groups is 1. The lowest BCUT2D eigenvalue weighted by molar-refractivity contribution is -0.116. The second-order valence-electron chi connectivity index (χ2n) is 6.51. The summed E-state index contributed by atoms with van der Waals surface area (Å²) in [4.78, 5) is 24.5. The molecule has 2 amide bonds. The zero-order valence-electron chi connectivity index (χ0n) is 15.1. The van der Waals surface area contributed by atoms with Crippen molar-refractivity contribution in [3.05, 3.63) is 59.7 Å². The minimum absolute atomic E-state index is 0.0184. The standard InChI is InChI=1S/C21H24N2O3S/c24-13-11-15-5-8-17(9-6-15)22-20(25)12-14-27-19-10-7-16-3-1-2-4-18(16)23-21(19)26/h1-6,8-9,19,24H,7,10-14H2,(H,22,25)(H,23,26)/t19-/m1/s1. The number of hydrogen-bond donors (Lipinski definition) is 3. The molecule has 0 saturated carbocycles. The van der Waals surface area contributed by atoms with Gasteiger partial charge in [0, 0.05) is 30.2 Å². The van der Waals surface area contributed by atoms with E-state index in [0.29, 0.717) is 18.6 Å². The molecule has 0 radical (unpaired) electrons. The van der Waals surface area contributed by atoms with Crippen molar-refractivity contribution in [1.29, 1.82) is 0 Å². The van der Waals surface area contributed by atoms with Crippen LogP contribution in [0.5, 0.6) is 0 Å². The van der Waals surface area contributed by atoms with Crippen molar-refractivity contribution in [2.75, 3.05) is 23.0 Å². The molecule has 0 aliphatic carbocycles. The first kappa shape index (κ1) is 19.5. The first-order valence-electron chi connectivity index (χ1n) is 9.16. The summed E-state index contributed by atoms with van der Waals surface area (Å²) in [6.07, 6.45) is 2.61. The molecule has 0 spiro atoms. The summed E-state index contributed by atoms with van der Waals surface area (Å²) in [6, 6.07) is 15.4. The monoisotopic (exact) mass is 384 g/mol. The van der Waals surface area contributed by atoms with Gasteiger partial charge in [0.25, 0.3) is 0 Å². The highest BCUT2D eigenvalue weighted by atomic mass is 32.2. The predicted molar refractivity (Wildman–Crippen MR) is 110 cm³/mol. The minimum Gasteiger partial charge on any atom is -0.396 e. The maximum Gasteiger partial charge on any atom is 0.237 e. The van der Waals surface area contributed by atoms with Crippen LogP contribution in [-0.4, -0.2) is 34.5 Å². The molecule has 3 rings (SSSR count). The van der Waals surface area contributed by atoms with E-state index >= 15 is 0 Å². The number of benzene rings is 2. The number of fused-ring (bicyclic) bond motifs is 1. The molecule has 5 nitrogen and oxygen atoms in total. The Hall–Kier alpha value is -2.31. The van der Waals surface area contributed by atoms with Gasteiger partial charge in [0.2, 0.25) is 11.8 Å². The summed E-state index contributed by atoms with van der Waals surface area (Å²) in [7, 11) is 0. The molecule has 27 heavy (non-hydrogen) atoms. The quantitative estimate of drug-likeness (QED) is 0.685. The molecular weight excluding hydrogens is 360 g/mol. The van der Waals surface area contributed by atoms with Gasteiger partial charge >= 0.3 is 0 Å². The van der Waals surface area contributed by atoms with Gasteiger partial charge in [-0.25, -0.2) is 0 Å². The Balaban J connectivity index is 1.44. The number of para-hydroxylation sites is 1. The fourth-order valence-electron chi connectivity index (χ4n) is 3.05. The lowest BCUT2D eigenvalue weighted by Gasteiger charge is -2.12. The van der Waals surface area contributed by atoms with E-state index in [-0.39, 0.29) is 23.7 Å². The topological polar surface area (TPSA) is 78.4 Å². The zero-order valence-corrected chi connectivity index (χ0v) is 15.9. The van der Waals surface area contributed by atoms with E-state index in [4.69, 9.17) is 5.11 Å². The lowest BCUT2D eigenvalue weighted by atomic mass is 10.1. The first-order chi connectivity index (χ1) is 13.2. The normalized spacial score (nSPS) is 16.2. The van der Waals surface area contributed by atoms with Crippen LogP contribution in [0, 0.1) is 0 Å². The molecular formula is C21H24N2O3S. The molecule has 142 valence electrons. The SMILES string of the molecule is O=C(CCS[C@@H]1CCc2ccccc2NC1=O)Nc1ccc(CCO)cc1. The molecule has 1 aliphatic rings. The number of carbonyl (C=O) groups is 2. The minimum atomic E-state index is -0.136. The number of anilines is 2. The zero-order chi connectivity index (χ0) is 19.1. The van der Waals surface area contributed by atoms with Crippen LogP contribution in [0.25, 0.3) is 0 Å². The number of hydrogen-bond acceptors (Lipinski definition) is 4. The Labute approximate surface area is 163 Å². The molecule has 1 heterocycles. The Morgan fingerprint density at radius 2 is 1.96 bits per heavy atom. The third-order valence-electron chi connectivity index (χ3n) is 4.53. The van der Waals surface area contributed by atoms with Crippen molar-refractivity contribution in [2.45, 2.75) is 30.9 Å². The molecule has 0 saturated heterocycles. The number of rotatable bonds is 7. The van der Waals surface area contributed by atoms with Gasteiger partial charge in [-0.3, -0.25) is 9.59 Å². The highest BCUT2D eigenvalue weighted by Gasteiger charge is 2.23. The Kier molecular flexibility index (Phi) is 6.90. The van der Waals surface area contributed by atoms with Crippen molar-refractivity contribution in [3.8, 4) is 0 Å². The third-order valence-corrected chi connectivity index (χ3v) is 5.82. The average Bonchev–Trinajstić information content (AvgIpc) is 2.82. The highest BCUT2D eigenvalue weighted by Crippen LogP contribution is 2.27. The molecule has 0 fully saturated rings. The largest absolute Gasteiger partial charge is 0.396 e. The third kappa shape index (κ3) is 5.58. The Morgan fingerprint density at radius 3 is 2.74 bits per heavy atom. The van der Waals surface area contributed by atoms with E-state index in [1.165, 1.54) is 11.8 Å². The number of thioether (sulfide) groups is 1. The van der Waals surface area contributed by atoms with Gasteiger partial charge in [0.1, 0.15) is 0 Å². The Morgan fingerprint density at radius 1 is 1.19 bits per heavy atom. The van der Waals surface area contributed by atoms with Crippen LogP contribution in [0.15, 0.2) is 48.5 Å². The van der Waals surface area contributed by atoms with Gasteiger partial charge < -0.3 is 15.7 Å². The number of carbonyl (C=O) groups excluding carboxylic acids is 2. The maximum atomic E-state index is 12.4. The van der Waals surface area contributed by atoms with Crippen molar-refractivity contribution >= 4 is 35.0 Å². The van der Waals surface area contributed by atoms with E-state index in [0.717, 1.165) is 35.3 Å². The van der Waals surface area contributed by atoms with Crippen molar-refractivity contribution in [1.82, 2.24) is 0 Å². The molecule has 6 heteroatoms. The van der Waals surface area contributed by atoms with E-state index in [2.05, 4.69) is 10.6 Å². The van der Waals surface area contributed by atoms with Crippen LogP contribution >= 0.6 is 11.8 Å². The fourth-order valence-corrected chi connectivity index (χ4v) is 4.13. The predicted octanol–water partition coefficient (Wildman–Crippen LogP) is 3.24. The summed E-state index contributed by atoms with van der Waals surface area (Å²) in [6.45, 7) is 0.114. The summed E-state index contributed by atoms with van der Waals surface area (Å²) in [5, 5.41) is 14.6. The molecule has 1 aliphatic heterocycles. The van der Waals surface area contributed by atoms with Crippen LogP contribution in [0.4, 0.5) is 11.4 Å². The summed E-state index contributed by atoms with van der Waals surface area (Å²) >= 11 is 1.54. The molecule has 2 aromatic rings. The second kappa shape index (κ2) is 9.58. The number of nitrogens with one attached hydrogen (secondary N) is 2. The van der Waals surface area contributed by atoms with Crippen molar-refractivity contribution in [3.63, 3.8) is 0 Å². The molecule has 3 N–H and O–H groups in total. The smallest absolute Gasteiger partial charge is 0.237 e. The van der Waals surface area contributed by atoms with E-state index < -0.39 is 0 Å². The van der Waals surface area contributed by atoms with Crippen LogP contribution in [0.3, 0.4) is 0 Å². The summed E-state index contributed by atoms with van der Waals surface area (Å²) < 4.78 is 0. The summed E-state index contributed by atoms with van der Waals surface area (Å²) in [5.41, 5.74) is 3.84. The molecule has 1 atom stereocenters. The van der Waals surface area contributed by atoms with Gasteiger partial charge in [-0.15, -0.1) is 11.8 Å². The van der Waals surface area contributed by atoms with Crippen molar-refractivity contribution < 1.29 is 14.7 Å². The van der Waals surface area contributed by atoms with Gasteiger partial charge in [0.05, 0.1) is 5.25 Å². The Bertz CT molecular complexity index is 792. The second-order valence-corrected chi connectivity index (χ2v) is 7.82. The fraction of sp³-hybridized carbons (Fsp3) is 0.333. The van der Waals surface area contributed by atoms with Crippen LogP contribution in [0.2, 0.25) is 0 Å². The van der Waals surface area contributed by atoms with Crippen LogP contribution < -0.4 is 10.6 Å². The van der Waals surface area contributed by atoms with Crippen LogP contribution in [0.1, 0.15) is 24.0 Å². The molecule has 2 aromatic carbocycles. The van der Waals surface area contributed by atoms with Gasteiger partial charge in [-0.1, -0.05) is 30.3 Å². The molecule has 0 bridgehead atoms.